The first-order valence-electron chi connectivity index (χ1n) is 5.75. The lowest BCUT2D eigenvalue weighted by atomic mass is 9.91. The van der Waals surface area contributed by atoms with Gasteiger partial charge in [0.15, 0.2) is 0 Å². The van der Waals surface area contributed by atoms with Crippen LogP contribution in [0.2, 0.25) is 0 Å². The largest absolute Gasteiger partial charge is 0.309 e. The molecule has 1 N–H and O–H groups in total. The van der Waals surface area contributed by atoms with Crippen molar-refractivity contribution in [1.82, 2.24) is 5.32 Å². The summed E-state index contributed by atoms with van der Waals surface area (Å²) in [7, 11) is 0. The summed E-state index contributed by atoms with van der Waals surface area (Å²) >= 11 is 1.96. The number of hydrogen-bond acceptors (Lipinski definition) is 2. The Bertz CT molecular complexity index is 312. The summed E-state index contributed by atoms with van der Waals surface area (Å²) in [5, 5.41) is 5.98. The highest BCUT2D eigenvalue weighted by Crippen LogP contribution is 2.40. The Morgan fingerprint density at radius 2 is 2.14 bits per heavy atom. The monoisotopic (exact) mass is 207 g/mol. The van der Waals surface area contributed by atoms with Crippen molar-refractivity contribution in [3.05, 3.63) is 21.9 Å². The fourth-order valence-electron chi connectivity index (χ4n) is 2.95. The van der Waals surface area contributed by atoms with Gasteiger partial charge < -0.3 is 5.32 Å². The molecule has 0 radical (unpaired) electrons. The highest BCUT2D eigenvalue weighted by molar-refractivity contribution is 7.10. The zero-order valence-corrected chi connectivity index (χ0v) is 9.28. The third-order valence-corrected chi connectivity index (χ3v) is 4.74. The van der Waals surface area contributed by atoms with Crippen LogP contribution in [0.4, 0.5) is 0 Å². The van der Waals surface area contributed by atoms with E-state index < -0.39 is 0 Å². The van der Waals surface area contributed by atoms with Crippen molar-refractivity contribution in [3.63, 3.8) is 0 Å². The molecule has 2 heteroatoms. The van der Waals surface area contributed by atoms with Crippen molar-refractivity contribution in [2.24, 2.45) is 5.92 Å². The van der Waals surface area contributed by atoms with Gasteiger partial charge in [0.2, 0.25) is 0 Å². The van der Waals surface area contributed by atoms with Gasteiger partial charge in [-0.3, -0.25) is 0 Å². The molecule has 0 aromatic carbocycles. The molecule has 14 heavy (non-hydrogen) atoms. The number of rotatable bonds is 1. The Morgan fingerprint density at radius 3 is 3.00 bits per heavy atom. The molecule has 0 saturated heterocycles. The molecule has 3 rings (SSSR count). The highest BCUT2D eigenvalue weighted by atomic mass is 32.1. The molecule has 0 bridgehead atoms. The average molecular weight is 207 g/mol. The normalized spacial score (nSPS) is 27.9. The molecule has 2 aliphatic rings. The Balaban J connectivity index is 1.88. The molecule has 1 aliphatic heterocycles. The predicted octanol–water partition coefficient (Wildman–Crippen LogP) is 3.13. The van der Waals surface area contributed by atoms with Crippen LogP contribution in [-0.2, 0) is 6.42 Å². The Morgan fingerprint density at radius 1 is 1.29 bits per heavy atom. The van der Waals surface area contributed by atoms with Gasteiger partial charge in [0.25, 0.3) is 0 Å². The smallest absolute Gasteiger partial charge is 0.0446 e. The Labute approximate surface area is 89.5 Å². The van der Waals surface area contributed by atoms with Crippen molar-refractivity contribution >= 4 is 11.3 Å². The molecule has 1 atom stereocenters. The van der Waals surface area contributed by atoms with Crippen molar-refractivity contribution < 1.29 is 0 Å². The molecule has 1 aromatic heterocycles. The second-order valence-corrected chi connectivity index (χ2v) is 5.48. The molecule has 76 valence electrons. The number of thiophene rings is 1. The van der Waals surface area contributed by atoms with E-state index in [0.29, 0.717) is 6.04 Å². The quantitative estimate of drug-likeness (QED) is 0.746. The van der Waals surface area contributed by atoms with Crippen molar-refractivity contribution in [1.29, 1.82) is 0 Å². The van der Waals surface area contributed by atoms with E-state index in [0.717, 1.165) is 5.92 Å². The van der Waals surface area contributed by atoms with Gasteiger partial charge in [0.1, 0.15) is 0 Å². The summed E-state index contributed by atoms with van der Waals surface area (Å²) in [6, 6.07) is 3.02. The van der Waals surface area contributed by atoms with E-state index in [2.05, 4.69) is 16.8 Å². The van der Waals surface area contributed by atoms with E-state index >= 15 is 0 Å². The standard InChI is InChI=1S/C12H17NS/c1-2-4-9(3-1)11-12-10(5-7-13-11)6-8-14-12/h6,8-9,11,13H,1-5,7H2. The molecular formula is C12H17NS. The van der Waals surface area contributed by atoms with Gasteiger partial charge in [0.05, 0.1) is 0 Å². The highest BCUT2D eigenvalue weighted by Gasteiger charge is 2.30. The molecular weight excluding hydrogens is 190 g/mol. The summed E-state index contributed by atoms with van der Waals surface area (Å²) in [5.41, 5.74) is 1.62. The topological polar surface area (TPSA) is 12.0 Å². The van der Waals surface area contributed by atoms with Gasteiger partial charge in [-0.15, -0.1) is 11.3 Å². The summed E-state index contributed by atoms with van der Waals surface area (Å²) in [4.78, 5) is 1.64. The van der Waals surface area contributed by atoms with Crippen LogP contribution >= 0.6 is 11.3 Å². The fraction of sp³-hybridized carbons (Fsp3) is 0.667. The lowest BCUT2D eigenvalue weighted by molar-refractivity contribution is 0.360. The van der Waals surface area contributed by atoms with Crippen molar-refractivity contribution in [3.8, 4) is 0 Å². The number of nitrogens with one attached hydrogen (secondary N) is 1. The molecule has 1 fully saturated rings. The maximum Gasteiger partial charge on any atom is 0.0446 e. The minimum atomic E-state index is 0.696. The van der Waals surface area contributed by atoms with Crippen LogP contribution in [0.1, 0.15) is 42.2 Å². The third-order valence-electron chi connectivity index (χ3n) is 3.69. The van der Waals surface area contributed by atoms with E-state index in [9.17, 15) is 0 Å². The summed E-state index contributed by atoms with van der Waals surface area (Å²) in [5.74, 6) is 0.924. The van der Waals surface area contributed by atoms with E-state index in [1.165, 1.54) is 38.6 Å². The van der Waals surface area contributed by atoms with Crippen LogP contribution in [0.5, 0.6) is 0 Å². The van der Waals surface area contributed by atoms with Gasteiger partial charge in [-0.25, -0.2) is 0 Å². The van der Waals surface area contributed by atoms with Gasteiger partial charge in [-0.05, 0) is 48.7 Å². The fourth-order valence-corrected chi connectivity index (χ4v) is 4.08. The molecule has 1 nitrogen and oxygen atoms in total. The molecule has 1 aromatic rings. The lowest BCUT2D eigenvalue weighted by Gasteiger charge is -2.28. The second kappa shape index (κ2) is 3.67. The summed E-state index contributed by atoms with van der Waals surface area (Å²) < 4.78 is 0. The Kier molecular flexibility index (Phi) is 2.34. The van der Waals surface area contributed by atoms with E-state index in [-0.39, 0.29) is 0 Å². The molecule has 1 aliphatic carbocycles. The minimum Gasteiger partial charge on any atom is -0.309 e. The van der Waals surface area contributed by atoms with Gasteiger partial charge >= 0.3 is 0 Å². The zero-order chi connectivity index (χ0) is 9.38. The minimum absolute atomic E-state index is 0.696. The number of fused-ring (bicyclic) bond motifs is 1. The van der Waals surface area contributed by atoms with Crippen LogP contribution in [0.15, 0.2) is 11.4 Å². The van der Waals surface area contributed by atoms with Crippen molar-refractivity contribution in [2.75, 3.05) is 6.54 Å². The van der Waals surface area contributed by atoms with Gasteiger partial charge in [0, 0.05) is 10.9 Å². The second-order valence-electron chi connectivity index (χ2n) is 4.54. The van der Waals surface area contributed by atoms with Crippen molar-refractivity contribution in [2.45, 2.75) is 38.1 Å². The van der Waals surface area contributed by atoms with Crippen LogP contribution in [-0.4, -0.2) is 6.54 Å². The first-order chi connectivity index (χ1) is 6.95. The SMILES string of the molecule is c1cc2c(s1)C(C1CCCC1)NCC2. The molecule has 0 spiro atoms. The van der Waals surface area contributed by atoms with Gasteiger partial charge in [-0.2, -0.15) is 0 Å². The number of hydrogen-bond donors (Lipinski definition) is 1. The maximum absolute atomic E-state index is 3.71. The zero-order valence-electron chi connectivity index (χ0n) is 8.46. The first kappa shape index (κ1) is 8.93. The van der Waals surface area contributed by atoms with Crippen LogP contribution in [0.3, 0.4) is 0 Å². The van der Waals surface area contributed by atoms with Crippen LogP contribution in [0, 0.1) is 5.92 Å². The third kappa shape index (κ3) is 1.41. The average Bonchev–Trinajstić information content (AvgIpc) is 2.88. The molecule has 1 unspecified atom stereocenters. The lowest BCUT2D eigenvalue weighted by Crippen LogP contribution is -2.32. The summed E-state index contributed by atoms with van der Waals surface area (Å²) in [6.45, 7) is 1.19. The van der Waals surface area contributed by atoms with Gasteiger partial charge in [-0.1, -0.05) is 12.8 Å². The summed E-state index contributed by atoms with van der Waals surface area (Å²) in [6.07, 6.45) is 7.01. The maximum atomic E-state index is 3.71. The first-order valence-corrected chi connectivity index (χ1v) is 6.63. The molecule has 2 heterocycles. The molecule has 0 amide bonds. The van der Waals surface area contributed by atoms with E-state index in [1.54, 1.807) is 10.4 Å². The Hall–Kier alpha value is -0.340. The predicted molar refractivity (Wildman–Crippen MR) is 60.7 cm³/mol. The molecule has 1 saturated carbocycles. The van der Waals surface area contributed by atoms with E-state index in [4.69, 9.17) is 0 Å². The van der Waals surface area contributed by atoms with E-state index in [1.807, 2.05) is 11.3 Å². The van der Waals surface area contributed by atoms with Crippen LogP contribution in [0.25, 0.3) is 0 Å². The van der Waals surface area contributed by atoms with Crippen LogP contribution < -0.4 is 5.32 Å².